The van der Waals surface area contributed by atoms with Crippen molar-refractivity contribution in [3.63, 3.8) is 0 Å². The summed E-state index contributed by atoms with van der Waals surface area (Å²) < 4.78 is 0. The minimum absolute atomic E-state index is 0.402. The van der Waals surface area contributed by atoms with E-state index in [-0.39, 0.29) is 0 Å². The second kappa shape index (κ2) is 9.67. The van der Waals surface area contributed by atoms with Gasteiger partial charge in [-0.3, -0.25) is 0 Å². The van der Waals surface area contributed by atoms with Crippen molar-refractivity contribution in [1.29, 1.82) is 0 Å². The van der Waals surface area contributed by atoms with Crippen molar-refractivity contribution >= 4 is 40.7 Å². The van der Waals surface area contributed by atoms with E-state index in [1.807, 2.05) is 78.9 Å². The maximum atomic E-state index is 5.95. The number of benzene rings is 3. The predicted octanol–water partition coefficient (Wildman–Crippen LogP) is 6.71. The third-order valence-electron chi connectivity index (χ3n) is 3.62. The van der Waals surface area contributed by atoms with E-state index in [9.17, 15) is 0 Å². The quantitative estimate of drug-likeness (QED) is 0.249. The van der Waals surface area contributed by atoms with Crippen LogP contribution in [0.1, 0.15) is 11.1 Å². The number of halogens is 2. The van der Waals surface area contributed by atoms with E-state index >= 15 is 0 Å². The summed E-state index contributed by atoms with van der Waals surface area (Å²) in [6.45, 7) is 0.402. The summed E-state index contributed by atoms with van der Waals surface area (Å²) in [6, 6.07) is 25.4. The zero-order valence-corrected chi connectivity index (χ0v) is 16.3. The normalized spacial score (nSPS) is 11.4. The van der Waals surface area contributed by atoms with Gasteiger partial charge in [-0.15, -0.1) is 11.8 Å². The Bertz CT molecular complexity index is 849. The van der Waals surface area contributed by atoms with Gasteiger partial charge in [-0.05, 0) is 42.0 Å². The average Bonchev–Trinajstić information content (AvgIpc) is 2.68. The van der Waals surface area contributed by atoms with Crippen molar-refractivity contribution in [3.8, 4) is 0 Å². The first-order chi connectivity index (χ1) is 12.7. The third-order valence-corrected chi connectivity index (χ3v) is 5.14. The molecule has 0 unspecified atom stereocenters. The van der Waals surface area contributed by atoms with Crippen LogP contribution in [0.25, 0.3) is 0 Å². The van der Waals surface area contributed by atoms with Crippen LogP contribution in [0.2, 0.25) is 10.0 Å². The molecule has 3 aromatic rings. The first-order valence-corrected chi connectivity index (χ1v) is 9.82. The lowest BCUT2D eigenvalue weighted by Crippen LogP contribution is -2.05. The Labute approximate surface area is 167 Å². The zero-order valence-electron chi connectivity index (χ0n) is 13.9. The molecular formula is C21H17Cl2NOS. The van der Waals surface area contributed by atoms with Crippen LogP contribution >= 0.6 is 35.0 Å². The molecule has 0 radical (unpaired) electrons. The standard InChI is InChI=1S/C21H17Cl2NOS/c22-18-8-6-16(7-9-18)14-25-24-21(17-4-2-1-3-5-17)15-26-20-12-10-19(23)11-13-20/h1-13H,14-15H2. The molecule has 0 aliphatic heterocycles. The summed E-state index contributed by atoms with van der Waals surface area (Å²) >= 11 is 13.5. The zero-order chi connectivity index (χ0) is 18.2. The van der Waals surface area contributed by atoms with Crippen molar-refractivity contribution in [2.75, 3.05) is 5.75 Å². The van der Waals surface area contributed by atoms with Crippen LogP contribution in [0, 0.1) is 0 Å². The molecule has 0 atom stereocenters. The minimum Gasteiger partial charge on any atom is -0.391 e. The first-order valence-electron chi connectivity index (χ1n) is 8.08. The fourth-order valence-electron chi connectivity index (χ4n) is 2.24. The summed E-state index contributed by atoms with van der Waals surface area (Å²) in [6.07, 6.45) is 0. The molecule has 0 bridgehead atoms. The molecular weight excluding hydrogens is 385 g/mol. The van der Waals surface area contributed by atoms with Gasteiger partial charge >= 0.3 is 0 Å². The Morgan fingerprint density at radius 1 is 0.808 bits per heavy atom. The Morgan fingerprint density at radius 3 is 2.08 bits per heavy atom. The maximum Gasteiger partial charge on any atom is 0.142 e. The third kappa shape index (κ3) is 5.80. The van der Waals surface area contributed by atoms with Crippen LogP contribution in [0.4, 0.5) is 0 Å². The van der Waals surface area contributed by atoms with Gasteiger partial charge in [-0.2, -0.15) is 0 Å². The smallest absolute Gasteiger partial charge is 0.142 e. The monoisotopic (exact) mass is 401 g/mol. The summed E-state index contributed by atoms with van der Waals surface area (Å²) in [4.78, 5) is 6.73. The van der Waals surface area contributed by atoms with Gasteiger partial charge in [0.1, 0.15) is 6.61 Å². The number of hydrogen-bond acceptors (Lipinski definition) is 3. The molecule has 3 aromatic carbocycles. The van der Waals surface area contributed by atoms with E-state index < -0.39 is 0 Å². The van der Waals surface area contributed by atoms with Crippen molar-refractivity contribution in [3.05, 3.63) is 100 Å². The summed E-state index contributed by atoms with van der Waals surface area (Å²) in [5.74, 6) is 0.701. The largest absolute Gasteiger partial charge is 0.391 e. The average molecular weight is 402 g/mol. The van der Waals surface area contributed by atoms with Gasteiger partial charge in [0.15, 0.2) is 0 Å². The molecule has 0 spiro atoms. The molecule has 2 nitrogen and oxygen atoms in total. The van der Waals surface area contributed by atoms with Crippen molar-refractivity contribution in [2.45, 2.75) is 11.5 Å². The molecule has 0 saturated heterocycles. The molecule has 0 saturated carbocycles. The van der Waals surface area contributed by atoms with E-state index in [2.05, 4.69) is 5.16 Å². The highest BCUT2D eigenvalue weighted by molar-refractivity contribution is 8.00. The summed E-state index contributed by atoms with van der Waals surface area (Å²) in [5.41, 5.74) is 2.96. The van der Waals surface area contributed by atoms with Crippen LogP contribution in [-0.4, -0.2) is 11.5 Å². The van der Waals surface area contributed by atoms with Crippen molar-refractivity contribution in [2.24, 2.45) is 5.16 Å². The lowest BCUT2D eigenvalue weighted by atomic mass is 10.1. The molecule has 0 amide bonds. The lowest BCUT2D eigenvalue weighted by molar-refractivity contribution is 0.130. The first kappa shape index (κ1) is 18.8. The van der Waals surface area contributed by atoms with Gasteiger partial charge in [0.2, 0.25) is 0 Å². The fraction of sp³-hybridized carbons (Fsp3) is 0.0952. The predicted molar refractivity (Wildman–Crippen MR) is 111 cm³/mol. The van der Waals surface area contributed by atoms with Crippen molar-refractivity contribution < 1.29 is 4.84 Å². The topological polar surface area (TPSA) is 21.6 Å². The summed E-state index contributed by atoms with van der Waals surface area (Å²) in [7, 11) is 0. The Morgan fingerprint density at radius 2 is 1.42 bits per heavy atom. The molecule has 5 heteroatoms. The number of thioether (sulfide) groups is 1. The van der Waals surface area contributed by atoms with Crippen LogP contribution in [0.5, 0.6) is 0 Å². The molecule has 0 aromatic heterocycles. The molecule has 3 rings (SSSR count). The Kier molecular flexibility index (Phi) is 7.01. The molecule has 0 fully saturated rings. The minimum atomic E-state index is 0.402. The van der Waals surface area contributed by atoms with Crippen molar-refractivity contribution in [1.82, 2.24) is 0 Å². The van der Waals surface area contributed by atoms with Crippen LogP contribution < -0.4 is 0 Å². The summed E-state index contributed by atoms with van der Waals surface area (Å²) in [5, 5.41) is 5.82. The second-order valence-electron chi connectivity index (χ2n) is 5.55. The molecule has 26 heavy (non-hydrogen) atoms. The Hall–Kier alpha value is -1.94. The second-order valence-corrected chi connectivity index (χ2v) is 7.47. The highest BCUT2D eigenvalue weighted by atomic mass is 35.5. The highest BCUT2D eigenvalue weighted by Gasteiger charge is 2.06. The highest BCUT2D eigenvalue weighted by Crippen LogP contribution is 2.22. The number of rotatable bonds is 7. The number of nitrogens with zero attached hydrogens (tertiary/aromatic N) is 1. The van der Waals surface area contributed by atoms with E-state index in [1.165, 1.54) is 0 Å². The van der Waals surface area contributed by atoms with E-state index in [1.54, 1.807) is 11.8 Å². The molecule has 0 heterocycles. The SMILES string of the molecule is Clc1ccc(CON=C(CSc2ccc(Cl)cc2)c2ccccc2)cc1. The van der Waals surface area contributed by atoms with Crippen LogP contribution in [-0.2, 0) is 11.4 Å². The fourth-order valence-corrected chi connectivity index (χ4v) is 3.34. The number of oxime groups is 1. The Balaban J connectivity index is 1.68. The molecule has 132 valence electrons. The lowest BCUT2D eigenvalue weighted by Gasteiger charge is -2.08. The van der Waals surface area contributed by atoms with E-state index in [0.717, 1.165) is 26.8 Å². The molecule has 0 aliphatic carbocycles. The maximum absolute atomic E-state index is 5.95. The molecule has 0 N–H and O–H groups in total. The van der Waals surface area contributed by atoms with E-state index in [4.69, 9.17) is 28.0 Å². The van der Waals surface area contributed by atoms with E-state index in [0.29, 0.717) is 17.4 Å². The van der Waals surface area contributed by atoms with Crippen LogP contribution in [0.3, 0.4) is 0 Å². The van der Waals surface area contributed by atoms with Gasteiger partial charge in [-0.1, -0.05) is 70.8 Å². The van der Waals surface area contributed by atoms with Gasteiger partial charge in [0.25, 0.3) is 0 Å². The van der Waals surface area contributed by atoms with Crippen LogP contribution in [0.15, 0.2) is 88.9 Å². The van der Waals surface area contributed by atoms with Gasteiger partial charge in [0.05, 0.1) is 5.71 Å². The van der Waals surface area contributed by atoms with Gasteiger partial charge in [-0.25, -0.2) is 0 Å². The van der Waals surface area contributed by atoms with Gasteiger partial charge in [0, 0.05) is 26.3 Å². The van der Waals surface area contributed by atoms with Gasteiger partial charge < -0.3 is 4.84 Å². The number of hydrogen-bond donors (Lipinski definition) is 0. The molecule has 0 aliphatic rings.